The van der Waals surface area contributed by atoms with Gasteiger partial charge >= 0.3 is 23.9 Å². The molecule has 336 valence electrons. The van der Waals surface area contributed by atoms with Gasteiger partial charge in [0.15, 0.2) is 0 Å². The zero-order valence-electron chi connectivity index (χ0n) is 34.8. The van der Waals surface area contributed by atoms with Crippen molar-refractivity contribution in [3.63, 3.8) is 0 Å². The molecular weight excluding hydrogens is 831 g/mol. The van der Waals surface area contributed by atoms with Crippen LogP contribution in [0.5, 0.6) is 0 Å². The predicted octanol–water partition coefficient (Wildman–Crippen LogP) is 1.59. The van der Waals surface area contributed by atoms with E-state index in [0.717, 1.165) is 6.92 Å². The monoisotopic (exact) mass is 879 g/mol. The first-order valence-corrected chi connectivity index (χ1v) is 20.0. The van der Waals surface area contributed by atoms with Crippen LogP contribution in [0.1, 0.15) is 29.2 Å². The highest BCUT2D eigenvalue weighted by Gasteiger charge is 2.41. The number of hydrogen-bond acceptors (Lipinski definition) is 9. The molecule has 0 aromatic heterocycles. The first-order valence-electron chi connectivity index (χ1n) is 20.0. The topological polar surface area (TPSA) is 274 Å². The summed E-state index contributed by atoms with van der Waals surface area (Å²) in [4.78, 5) is 123. The molecule has 0 radical (unpaired) electrons. The average Bonchev–Trinajstić information content (AvgIpc) is 3.26. The Labute approximate surface area is 368 Å². The molecule has 0 aliphatic heterocycles. The summed E-state index contributed by atoms with van der Waals surface area (Å²) in [6.07, 6.45) is -1.44. The summed E-state index contributed by atoms with van der Waals surface area (Å²) in [7, 11) is 0. The first kappa shape index (κ1) is 48.8. The predicted molar refractivity (Wildman–Crippen MR) is 228 cm³/mol. The van der Waals surface area contributed by atoms with Gasteiger partial charge in [-0.05, 0) is 22.3 Å². The first-order chi connectivity index (χ1) is 30.5. The maximum atomic E-state index is 14.8. The highest BCUT2D eigenvalue weighted by molar-refractivity contribution is 5.96. The maximum Gasteiger partial charge on any atom is 0.326 e. The van der Waals surface area contributed by atoms with Crippen LogP contribution in [0, 0.1) is 0 Å². The number of nitrogens with zero attached hydrogens (tertiary/aromatic N) is 4. The molecule has 0 spiro atoms. The van der Waals surface area contributed by atoms with E-state index in [-0.39, 0.29) is 12.8 Å². The largest absolute Gasteiger partial charge is 0.480 e. The van der Waals surface area contributed by atoms with Gasteiger partial charge in [0.05, 0.1) is 0 Å². The second-order valence-electron chi connectivity index (χ2n) is 14.9. The molecule has 0 heterocycles. The van der Waals surface area contributed by atoms with E-state index in [9.17, 15) is 63.6 Å². The van der Waals surface area contributed by atoms with Gasteiger partial charge in [0.25, 0.3) is 0 Å². The molecule has 4 atom stereocenters. The van der Waals surface area contributed by atoms with Crippen LogP contribution in [0.25, 0.3) is 0 Å². The number of carbonyl (C=O) groups is 9. The Morgan fingerprint density at radius 2 is 0.609 bits per heavy atom. The molecule has 0 saturated carbocycles. The van der Waals surface area contributed by atoms with Crippen molar-refractivity contribution in [3.8, 4) is 0 Å². The lowest BCUT2D eigenvalue weighted by molar-refractivity contribution is -0.161. The van der Waals surface area contributed by atoms with E-state index >= 15 is 0 Å². The number of primary amides is 1. The molecular formula is C46H49N5O13. The Balaban J connectivity index is 1.83. The van der Waals surface area contributed by atoms with Crippen molar-refractivity contribution in [3.05, 3.63) is 144 Å². The second kappa shape index (κ2) is 23.4. The molecule has 0 saturated heterocycles. The summed E-state index contributed by atoms with van der Waals surface area (Å²) in [5.74, 6) is -12.1. The van der Waals surface area contributed by atoms with Crippen LogP contribution in [0.4, 0.5) is 0 Å². The third-order valence-electron chi connectivity index (χ3n) is 10.3. The Morgan fingerprint density at radius 3 is 0.828 bits per heavy atom. The number of benzene rings is 4. The maximum absolute atomic E-state index is 14.8. The van der Waals surface area contributed by atoms with Crippen molar-refractivity contribution in [1.82, 2.24) is 19.6 Å². The lowest BCUT2D eigenvalue weighted by atomic mass is 10.0. The van der Waals surface area contributed by atoms with Gasteiger partial charge in [0.2, 0.25) is 29.5 Å². The Kier molecular flexibility index (Phi) is 17.8. The summed E-state index contributed by atoms with van der Waals surface area (Å²) >= 11 is 0. The molecule has 0 bridgehead atoms. The molecule has 0 aliphatic carbocycles. The number of nitrogens with two attached hydrogens (primary N) is 1. The van der Waals surface area contributed by atoms with Gasteiger partial charge < -0.3 is 45.8 Å². The molecule has 18 nitrogen and oxygen atoms in total. The third-order valence-corrected chi connectivity index (χ3v) is 10.3. The normalized spacial score (nSPS) is 12.6. The summed E-state index contributed by atoms with van der Waals surface area (Å²) in [5, 5.41) is 41.8. The lowest BCUT2D eigenvalue weighted by Crippen LogP contribution is -2.59. The Hall–Kier alpha value is -7.89. The van der Waals surface area contributed by atoms with E-state index < -0.39 is 117 Å². The van der Waals surface area contributed by atoms with E-state index in [4.69, 9.17) is 5.73 Å². The van der Waals surface area contributed by atoms with E-state index in [2.05, 4.69) is 0 Å². The smallest absolute Gasteiger partial charge is 0.326 e. The van der Waals surface area contributed by atoms with Crippen molar-refractivity contribution >= 4 is 53.4 Å². The zero-order valence-corrected chi connectivity index (χ0v) is 34.8. The number of amides is 5. The number of carboxylic acids is 4. The molecule has 4 aromatic rings. The van der Waals surface area contributed by atoms with Crippen molar-refractivity contribution in [2.45, 2.75) is 56.8 Å². The van der Waals surface area contributed by atoms with Gasteiger partial charge in [-0.2, -0.15) is 0 Å². The SMILES string of the molecule is CC(=O)N(CC(=O)N(CC(=O)N(CC(=O)N(CC(N)=O)[C@@H](Cc1ccccc1)C(=O)O)[C@@H](Cc1ccccc1)C(=O)O)[C@@H](Cc1ccccc1)C(=O)O)[C@@H](Cc1ccccc1)C(=O)O. The summed E-state index contributed by atoms with van der Waals surface area (Å²) in [6, 6.07) is 24.9. The van der Waals surface area contributed by atoms with E-state index in [1.54, 1.807) is 121 Å². The number of rotatable bonds is 24. The number of aliphatic carboxylic acids is 4. The zero-order chi connectivity index (χ0) is 46.9. The minimum Gasteiger partial charge on any atom is -0.480 e. The minimum absolute atomic E-state index is 0.257. The minimum atomic E-state index is -1.91. The summed E-state index contributed by atoms with van der Waals surface area (Å²) < 4.78 is 0. The van der Waals surface area contributed by atoms with Crippen LogP contribution in [0.15, 0.2) is 121 Å². The average molecular weight is 880 g/mol. The van der Waals surface area contributed by atoms with Gasteiger partial charge in [-0.15, -0.1) is 0 Å². The molecule has 0 aliphatic rings. The fourth-order valence-corrected chi connectivity index (χ4v) is 7.11. The molecule has 5 amide bonds. The quantitative estimate of drug-likeness (QED) is 0.0670. The van der Waals surface area contributed by atoms with Gasteiger partial charge in [0, 0.05) is 32.6 Å². The van der Waals surface area contributed by atoms with Crippen LogP contribution >= 0.6 is 0 Å². The van der Waals surface area contributed by atoms with Crippen molar-refractivity contribution < 1.29 is 63.6 Å². The molecule has 4 aromatic carbocycles. The molecule has 0 unspecified atom stereocenters. The van der Waals surface area contributed by atoms with Crippen molar-refractivity contribution in [2.75, 3.05) is 26.2 Å². The summed E-state index contributed by atoms with van der Waals surface area (Å²) in [6.45, 7) is -3.40. The lowest BCUT2D eigenvalue weighted by Gasteiger charge is -2.36. The number of hydrogen-bond donors (Lipinski definition) is 5. The highest BCUT2D eigenvalue weighted by atomic mass is 16.4. The fourth-order valence-electron chi connectivity index (χ4n) is 7.11. The van der Waals surface area contributed by atoms with Crippen LogP contribution in [-0.4, -0.2) is 144 Å². The van der Waals surface area contributed by atoms with Crippen LogP contribution in [-0.2, 0) is 68.8 Å². The Bertz CT molecular complexity index is 2280. The molecule has 4 rings (SSSR count). The Morgan fingerprint density at radius 1 is 0.391 bits per heavy atom. The van der Waals surface area contributed by atoms with Gasteiger partial charge in [0.1, 0.15) is 50.3 Å². The van der Waals surface area contributed by atoms with E-state index in [1.165, 1.54) is 0 Å². The second-order valence-corrected chi connectivity index (χ2v) is 14.9. The number of carbonyl (C=O) groups excluding carboxylic acids is 5. The van der Waals surface area contributed by atoms with Crippen LogP contribution < -0.4 is 5.73 Å². The van der Waals surface area contributed by atoms with Crippen molar-refractivity contribution in [2.24, 2.45) is 5.73 Å². The van der Waals surface area contributed by atoms with E-state index in [0.29, 0.717) is 41.9 Å². The van der Waals surface area contributed by atoms with Crippen LogP contribution in [0.3, 0.4) is 0 Å². The molecule has 18 heteroatoms. The van der Waals surface area contributed by atoms with Gasteiger partial charge in [-0.3, -0.25) is 24.0 Å². The van der Waals surface area contributed by atoms with Gasteiger partial charge in [-0.25, -0.2) is 19.2 Å². The molecule has 0 fully saturated rings. The van der Waals surface area contributed by atoms with E-state index in [1.807, 2.05) is 0 Å². The molecule has 6 N–H and O–H groups in total. The van der Waals surface area contributed by atoms with Crippen molar-refractivity contribution in [1.29, 1.82) is 0 Å². The standard InChI is InChI=1S/C46H49N5O13/c1-30(52)48(35(43(57)58)22-31-14-6-2-7-15-31)27-40(54)50(37(45(61)62)24-33-18-10-4-11-19-33)29-42(56)51(38(46(63)64)25-34-20-12-5-13-21-34)28-41(55)49(26-39(47)53)36(44(59)60)23-32-16-8-3-9-17-32/h2-21,35-38H,22-29H2,1H3,(H2,47,53)(H,57,58)(H,59,60)(H,61,62)(H,63,64)/t35-,36-,37-,38-/m0/s1. The van der Waals surface area contributed by atoms with Gasteiger partial charge in [-0.1, -0.05) is 121 Å². The molecule has 64 heavy (non-hydrogen) atoms. The highest BCUT2D eigenvalue weighted by Crippen LogP contribution is 2.19. The third kappa shape index (κ3) is 14.1. The fraction of sp³-hybridized carbons (Fsp3) is 0.283. The number of carboxylic acid groups (broad SMARTS) is 4. The van der Waals surface area contributed by atoms with Crippen LogP contribution in [0.2, 0.25) is 0 Å². The summed E-state index contributed by atoms with van der Waals surface area (Å²) in [5.41, 5.74) is 7.16.